The van der Waals surface area contributed by atoms with Crippen LogP contribution in [-0.2, 0) is 5.60 Å². The topological polar surface area (TPSA) is 97.0 Å². The van der Waals surface area contributed by atoms with Crippen LogP contribution in [-0.4, -0.2) is 21.6 Å². The SMILES string of the molecule is CC(C)c1cc2c(=O)c3c(O)cc4c(c3oc2c2c1[C@](C)(O)CC2=O)C=CC(C)(C)O4. The molecule has 31 heavy (non-hydrogen) atoms. The lowest BCUT2D eigenvalue weighted by atomic mass is 9.86. The second-order valence-electron chi connectivity index (χ2n) is 9.60. The highest BCUT2D eigenvalue weighted by atomic mass is 16.5. The number of Topliss-reactive ketones (excluding diaryl/α,β-unsaturated/α-hetero) is 1. The Bertz CT molecular complexity index is 1400. The van der Waals surface area contributed by atoms with Gasteiger partial charge in [-0.1, -0.05) is 13.8 Å². The number of carbonyl (C=O) groups is 1. The Morgan fingerprint density at radius 3 is 2.48 bits per heavy atom. The molecule has 2 heterocycles. The van der Waals surface area contributed by atoms with Crippen LogP contribution >= 0.6 is 0 Å². The van der Waals surface area contributed by atoms with E-state index in [1.54, 1.807) is 19.1 Å². The van der Waals surface area contributed by atoms with Gasteiger partial charge in [-0.3, -0.25) is 9.59 Å². The summed E-state index contributed by atoms with van der Waals surface area (Å²) in [6, 6.07) is 3.11. The van der Waals surface area contributed by atoms with Crippen molar-refractivity contribution in [3.05, 3.63) is 50.7 Å². The molecule has 160 valence electrons. The van der Waals surface area contributed by atoms with Crippen molar-refractivity contribution in [1.82, 2.24) is 0 Å². The maximum atomic E-state index is 13.5. The maximum absolute atomic E-state index is 13.5. The van der Waals surface area contributed by atoms with Crippen molar-refractivity contribution in [2.75, 3.05) is 0 Å². The highest BCUT2D eigenvalue weighted by molar-refractivity contribution is 6.13. The van der Waals surface area contributed by atoms with Crippen molar-refractivity contribution >= 4 is 33.8 Å². The Morgan fingerprint density at radius 1 is 1.10 bits per heavy atom. The van der Waals surface area contributed by atoms with Crippen LogP contribution in [0.1, 0.15) is 74.0 Å². The van der Waals surface area contributed by atoms with Crippen molar-refractivity contribution in [2.24, 2.45) is 0 Å². The molecule has 3 aromatic rings. The molecule has 1 aliphatic heterocycles. The lowest BCUT2D eigenvalue weighted by Gasteiger charge is -2.28. The lowest BCUT2D eigenvalue weighted by molar-refractivity contribution is 0.0526. The van der Waals surface area contributed by atoms with Gasteiger partial charge >= 0.3 is 0 Å². The first-order valence-electron chi connectivity index (χ1n) is 10.4. The van der Waals surface area contributed by atoms with Gasteiger partial charge in [-0.25, -0.2) is 0 Å². The number of benzene rings is 2. The predicted octanol–water partition coefficient (Wildman–Crippen LogP) is 4.75. The van der Waals surface area contributed by atoms with E-state index >= 15 is 0 Å². The van der Waals surface area contributed by atoms with Gasteiger partial charge in [0.15, 0.2) is 11.4 Å². The fraction of sp³-hybridized carbons (Fsp3) is 0.360. The molecular weight excluding hydrogens is 396 g/mol. The summed E-state index contributed by atoms with van der Waals surface area (Å²) in [6.45, 7) is 9.26. The molecule has 2 aliphatic rings. The number of ketones is 1. The third kappa shape index (κ3) is 2.67. The minimum absolute atomic E-state index is 0.0266. The van der Waals surface area contributed by atoms with Gasteiger partial charge in [-0.05, 0) is 50.5 Å². The summed E-state index contributed by atoms with van der Waals surface area (Å²) in [7, 11) is 0. The number of rotatable bonds is 1. The summed E-state index contributed by atoms with van der Waals surface area (Å²) in [5.41, 5.74) is 0.0126. The van der Waals surface area contributed by atoms with Crippen molar-refractivity contribution in [3.63, 3.8) is 0 Å². The summed E-state index contributed by atoms with van der Waals surface area (Å²) < 4.78 is 12.1. The number of phenolic OH excluding ortho intramolecular Hbond substituents is 1. The van der Waals surface area contributed by atoms with Crippen LogP contribution in [0.5, 0.6) is 11.5 Å². The van der Waals surface area contributed by atoms with Gasteiger partial charge in [0.2, 0.25) is 5.43 Å². The smallest absolute Gasteiger partial charge is 0.204 e. The summed E-state index contributed by atoms with van der Waals surface area (Å²) in [6.07, 6.45) is 3.58. The van der Waals surface area contributed by atoms with Gasteiger partial charge in [-0.15, -0.1) is 0 Å². The van der Waals surface area contributed by atoms with Gasteiger partial charge in [0.05, 0.1) is 22.1 Å². The monoisotopic (exact) mass is 420 g/mol. The zero-order chi connectivity index (χ0) is 22.5. The molecule has 6 heteroatoms. The van der Waals surface area contributed by atoms with Crippen LogP contribution in [0.4, 0.5) is 0 Å². The quantitative estimate of drug-likeness (QED) is 0.551. The summed E-state index contributed by atoms with van der Waals surface area (Å²) in [4.78, 5) is 26.5. The van der Waals surface area contributed by atoms with E-state index in [-0.39, 0.29) is 51.4 Å². The second-order valence-corrected chi connectivity index (χ2v) is 9.60. The Kier molecular flexibility index (Phi) is 3.82. The number of hydrogen-bond donors (Lipinski definition) is 2. The minimum atomic E-state index is -1.33. The van der Waals surface area contributed by atoms with E-state index in [1.807, 2.05) is 33.8 Å². The van der Waals surface area contributed by atoms with Gasteiger partial charge in [0, 0.05) is 18.1 Å². The third-order valence-corrected chi connectivity index (χ3v) is 6.22. The van der Waals surface area contributed by atoms with Gasteiger partial charge in [0.25, 0.3) is 0 Å². The Morgan fingerprint density at radius 2 is 1.81 bits per heavy atom. The molecule has 0 fully saturated rings. The molecule has 0 unspecified atom stereocenters. The van der Waals surface area contributed by atoms with Crippen LogP contribution in [0.3, 0.4) is 0 Å². The van der Waals surface area contributed by atoms with E-state index in [9.17, 15) is 19.8 Å². The number of carbonyl (C=O) groups excluding carboxylic acids is 1. The lowest BCUT2D eigenvalue weighted by Crippen LogP contribution is -2.27. The number of aromatic hydroxyl groups is 1. The number of ether oxygens (including phenoxy) is 1. The highest BCUT2D eigenvalue weighted by Gasteiger charge is 2.43. The fourth-order valence-electron chi connectivity index (χ4n) is 4.79. The van der Waals surface area contributed by atoms with Crippen LogP contribution in [0.2, 0.25) is 0 Å². The molecule has 2 N–H and O–H groups in total. The van der Waals surface area contributed by atoms with Crippen LogP contribution in [0.15, 0.2) is 27.4 Å². The average molecular weight is 420 g/mol. The van der Waals surface area contributed by atoms with Crippen molar-refractivity contribution < 1.29 is 24.2 Å². The number of phenols is 1. The van der Waals surface area contributed by atoms with Crippen molar-refractivity contribution in [3.8, 4) is 11.5 Å². The average Bonchev–Trinajstić information content (AvgIpc) is 2.89. The summed E-state index contributed by atoms with van der Waals surface area (Å²) >= 11 is 0. The summed E-state index contributed by atoms with van der Waals surface area (Å²) in [5.74, 6) is -0.132. The van der Waals surface area contributed by atoms with E-state index < -0.39 is 16.6 Å². The van der Waals surface area contributed by atoms with E-state index in [0.29, 0.717) is 16.9 Å². The van der Waals surface area contributed by atoms with Crippen LogP contribution < -0.4 is 10.2 Å². The molecule has 2 aromatic carbocycles. The van der Waals surface area contributed by atoms with Crippen molar-refractivity contribution in [2.45, 2.75) is 58.2 Å². The molecule has 0 amide bonds. The van der Waals surface area contributed by atoms with Crippen LogP contribution in [0, 0.1) is 0 Å². The molecule has 0 radical (unpaired) electrons. The van der Waals surface area contributed by atoms with E-state index in [1.165, 1.54) is 6.07 Å². The zero-order valence-electron chi connectivity index (χ0n) is 18.1. The standard InChI is InChI=1S/C25H24O6/c1-11(2)13-8-14-21(28)19-15(26)9-17-12(6-7-24(3,4)31-17)22(19)30-23(14)18-16(27)10-25(5,29)20(13)18/h6-9,11,26,29H,10H2,1-5H3/t25-/m1/s1. The van der Waals surface area contributed by atoms with Crippen LogP contribution in [0.25, 0.3) is 28.0 Å². The predicted molar refractivity (Wildman–Crippen MR) is 118 cm³/mol. The largest absolute Gasteiger partial charge is 0.507 e. The molecule has 0 spiro atoms. The number of aliphatic hydroxyl groups is 1. The molecule has 5 rings (SSSR count). The Hall–Kier alpha value is -3.12. The highest BCUT2D eigenvalue weighted by Crippen LogP contribution is 2.46. The number of fused-ring (bicyclic) bond motifs is 6. The Labute approximate surface area is 178 Å². The first kappa shape index (κ1) is 19.8. The molecule has 1 aromatic heterocycles. The molecular formula is C25H24O6. The van der Waals surface area contributed by atoms with E-state index in [4.69, 9.17) is 9.15 Å². The molecule has 0 bridgehead atoms. The first-order valence-corrected chi connectivity index (χ1v) is 10.4. The summed E-state index contributed by atoms with van der Waals surface area (Å²) in [5, 5.41) is 21.9. The van der Waals surface area contributed by atoms with E-state index in [2.05, 4.69) is 0 Å². The molecule has 0 saturated carbocycles. The maximum Gasteiger partial charge on any atom is 0.204 e. The normalized spacial score (nSPS) is 21.6. The third-order valence-electron chi connectivity index (χ3n) is 6.22. The fourth-order valence-corrected chi connectivity index (χ4v) is 4.79. The molecule has 1 aliphatic carbocycles. The minimum Gasteiger partial charge on any atom is -0.507 e. The molecule has 6 nitrogen and oxygen atoms in total. The zero-order valence-corrected chi connectivity index (χ0v) is 18.1. The van der Waals surface area contributed by atoms with Gasteiger partial charge in [-0.2, -0.15) is 0 Å². The number of hydrogen-bond acceptors (Lipinski definition) is 6. The van der Waals surface area contributed by atoms with Gasteiger partial charge < -0.3 is 19.4 Å². The Balaban J connectivity index is 1.99. The second kappa shape index (κ2) is 5.98. The van der Waals surface area contributed by atoms with Gasteiger partial charge in [0.1, 0.15) is 28.1 Å². The van der Waals surface area contributed by atoms with Crippen molar-refractivity contribution in [1.29, 1.82) is 0 Å². The first-order chi connectivity index (χ1) is 14.4. The van der Waals surface area contributed by atoms with E-state index in [0.717, 1.165) is 5.56 Å². The molecule has 0 saturated heterocycles. The molecule has 1 atom stereocenters.